The molecule has 1 aliphatic rings. The summed E-state index contributed by atoms with van der Waals surface area (Å²) < 4.78 is 12.7. The van der Waals surface area contributed by atoms with Crippen molar-refractivity contribution >= 4 is 0 Å². The van der Waals surface area contributed by atoms with E-state index in [9.17, 15) is 0 Å². The number of aromatic nitrogens is 4. The molecule has 0 saturated heterocycles. The predicted octanol–water partition coefficient (Wildman–Crippen LogP) is 2.32. The van der Waals surface area contributed by atoms with Crippen LogP contribution in [0.2, 0.25) is 0 Å². The molecule has 1 aliphatic heterocycles. The summed E-state index contributed by atoms with van der Waals surface area (Å²) in [5.74, 6) is 2.22. The Bertz CT molecular complexity index is 901. The van der Waals surface area contributed by atoms with Crippen molar-refractivity contribution in [3.8, 4) is 17.2 Å². The molecule has 7 nitrogen and oxygen atoms in total. The Labute approximate surface area is 145 Å². The van der Waals surface area contributed by atoms with E-state index in [1.165, 1.54) is 0 Å². The number of para-hydroxylation sites is 1. The Hall–Kier alpha value is -2.93. The largest absolute Gasteiger partial charge is 0.454 e. The standard InChI is InChI=1S/C18H19N5O2/c1-11-5-4-6-12(2)17(11)23-18(20-21-22-23)16(19-3)13-7-8-14-15(9-13)25-10-24-14/h4-9,16,19H,10H2,1-3H3. The second-order valence-electron chi connectivity index (χ2n) is 6.02. The predicted molar refractivity (Wildman–Crippen MR) is 92.1 cm³/mol. The fraction of sp³-hybridized carbons (Fsp3) is 0.278. The third kappa shape index (κ3) is 2.62. The van der Waals surface area contributed by atoms with Crippen molar-refractivity contribution < 1.29 is 9.47 Å². The van der Waals surface area contributed by atoms with Gasteiger partial charge in [0, 0.05) is 0 Å². The summed E-state index contributed by atoms with van der Waals surface area (Å²) in [4.78, 5) is 0. The quantitative estimate of drug-likeness (QED) is 0.787. The number of aryl methyl sites for hydroxylation is 2. The van der Waals surface area contributed by atoms with E-state index in [4.69, 9.17) is 9.47 Å². The minimum Gasteiger partial charge on any atom is -0.454 e. The van der Waals surface area contributed by atoms with E-state index < -0.39 is 0 Å². The van der Waals surface area contributed by atoms with Crippen molar-refractivity contribution in [2.45, 2.75) is 19.9 Å². The smallest absolute Gasteiger partial charge is 0.231 e. The maximum Gasteiger partial charge on any atom is 0.231 e. The average molecular weight is 337 g/mol. The second-order valence-corrected chi connectivity index (χ2v) is 6.02. The summed E-state index contributed by atoms with van der Waals surface area (Å²) in [7, 11) is 1.89. The lowest BCUT2D eigenvalue weighted by Gasteiger charge is -2.18. The zero-order valence-corrected chi connectivity index (χ0v) is 14.4. The van der Waals surface area contributed by atoms with E-state index in [1.807, 2.05) is 31.3 Å². The van der Waals surface area contributed by atoms with Crippen molar-refractivity contribution in [3.63, 3.8) is 0 Å². The highest BCUT2D eigenvalue weighted by molar-refractivity contribution is 5.49. The third-order valence-corrected chi connectivity index (χ3v) is 4.42. The molecule has 2 heterocycles. The lowest BCUT2D eigenvalue weighted by molar-refractivity contribution is 0.174. The Morgan fingerprint density at radius 3 is 2.60 bits per heavy atom. The molecule has 0 fully saturated rings. The van der Waals surface area contributed by atoms with Crippen LogP contribution in [0.4, 0.5) is 0 Å². The maximum absolute atomic E-state index is 5.50. The van der Waals surface area contributed by atoms with E-state index in [2.05, 4.69) is 46.8 Å². The molecule has 0 aliphatic carbocycles. The molecular weight excluding hydrogens is 318 g/mol. The lowest BCUT2D eigenvalue weighted by atomic mass is 10.0. The van der Waals surface area contributed by atoms with Gasteiger partial charge in [0.15, 0.2) is 17.3 Å². The lowest BCUT2D eigenvalue weighted by Crippen LogP contribution is -2.22. The summed E-state index contributed by atoms with van der Waals surface area (Å²) in [5, 5.41) is 15.7. The van der Waals surface area contributed by atoms with Gasteiger partial charge in [-0.1, -0.05) is 24.3 Å². The Morgan fingerprint density at radius 2 is 1.84 bits per heavy atom. The molecular formula is C18H19N5O2. The van der Waals surface area contributed by atoms with Crippen LogP contribution in [0.15, 0.2) is 36.4 Å². The van der Waals surface area contributed by atoms with Crippen molar-refractivity contribution in [2.75, 3.05) is 13.8 Å². The van der Waals surface area contributed by atoms with Crippen LogP contribution >= 0.6 is 0 Å². The molecule has 1 atom stereocenters. The first-order valence-electron chi connectivity index (χ1n) is 8.10. The molecule has 4 rings (SSSR count). The zero-order chi connectivity index (χ0) is 17.4. The van der Waals surface area contributed by atoms with E-state index >= 15 is 0 Å². The first-order chi connectivity index (χ1) is 12.2. The third-order valence-electron chi connectivity index (χ3n) is 4.42. The molecule has 3 aromatic rings. The van der Waals surface area contributed by atoms with Crippen molar-refractivity contribution in [1.82, 2.24) is 25.5 Å². The SMILES string of the molecule is CNC(c1ccc2c(c1)OCO2)c1nnnn1-c1c(C)cccc1C. The van der Waals surface area contributed by atoms with Crippen LogP contribution in [0.3, 0.4) is 0 Å². The molecule has 0 radical (unpaired) electrons. The maximum atomic E-state index is 5.50. The highest BCUT2D eigenvalue weighted by Gasteiger charge is 2.24. The van der Waals surface area contributed by atoms with Crippen LogP contribution in [-0.4, -0.2) is 34.0 Å². The fourth-order valence-corrected chi connectivity index (χ4v) is 3.21. The van der Waals surface area contributed by atoms with Gasteiger partial charge in [0.05, 0.1) is 11.7 Å². The molecule has 2 aromatic carbocycles. The molecule has 0 saturated carbocycles. The first kappa shape index (κ1) is 15.6. The Balaban J connectivity index is 1.80. The summed E-state index contributed by atoms with van der Waals surface area (Å²) in [6.45, 7) is 4.37. The number of ether oxygens (including phenoxy) is 2. The molecule has 0 amide bonds. The van der Waals surface area contributed by atoms with Gasteiger partial charge in [0.2, 0.25) is 6.79 Å². The first-order valence-corrected chi connectivity index (χ1v) is 8.10. The number of tetrazole rings is 1. The van der Waals surface area contributed by atoms with E-state index in [1.54, 1.807) is 4.68 Å². The normalized spacial score (nSPS) is 13.9. The topological polar surface area (TPSA) is 74.1 Å². The number of fused-ring (bicyclic) bond motifs is 1. The monoisotopic (exact) mass is 337 g/mol. The summed E-state index contributed by atoms with van der Waals surface area (Å²) in [6.07, 6.45) is 0. The van der Waals surface area contributed by atoms with Gasteiger partial charge >= 0.3 is 0 Å². The fourth-order valence-electron chi connectivity index (χ4n) is 3.21. The molecule has 1 N–H and O–H groups in total. The van der Waals surface area contributed by atoms with Gasteiger partial charge < -0.3 is 14.8 Å². The average Bonchev–Trinajstić information content (AvgIpc) is 3.25. The van der Waals surface area contributed by atoms with Crippen LogP contribution in [0, 0.1) is 13.8 Å². The van der Waals surface area contributed by atoms with Gasteiger partial charge in [0.1, 0.15) is 0 Å². The molecule has 128 valence electrons. The molecule has 7 heteroatoms. The number of hydrogen-bond donors (Lipinski definition) is 1. The highest BCUT2D eigenvalue weighted by atomic mass is 16.7. The van der Waals surface area contributed by atoms with Crippen LogP contribution in [0.5, 0.6) is 11.5 Å². The molecule has 25 heavy (non-hydrogen) atoms. The van der Waals surface area contributed by atoms with Gasteiger partial charge in [0.25, 0.3) is 0 Å². The van der Waals surface area contributed by atoms with Gasteiger partial charge in [-0.2, -0.15) is 4.68 Å². The van der Waals surface area contributed by atoms with Gasteiger partial charge in [-0.05, 0) is 60.1 Å². The van der Waals surface area contributed by atoms with Crippen molar-refractivity contribution in [1.29, 1.82) is 0 Å². The highest BCUT2D eigenvalue weighted by Crippen LogP contribution is 2.35. The summed E-state index contributed by atoms with van der Waals surface area (Å²) in [5.41, 5.74) is 4.25. The van der Waals surface area contributed by atoms with Crippen LogP contribution in [-0.2, 0) is 0 Å². The number of nitrogens with one attached hydrogen (secondary N) is 1. The van der Waals surface area contributed by atoms with Crippen molar-refractivity contribution in [3.05, 3.63) is 58.9 Å². The Kier molecular flexibility index (Phi) is 3.85. The molecule has 1 unspecified atom stereocenters. The molecule has 0 bridgehead atoms. The van der Waals surface area contributed by atoms with Crippen LogP contribution in [0.25, 0.3) is 5.69 Å². The number of hydrogen-bond acceptors (Lipinski definition) is 6. The zero-order valence-electron chi connectivity index (χ0n) is 14.4. The summed E-state index contributed by atoms with van der Waals surface area (Å²) >= 11 is 0. The minimum absolute atomic E-state index is 0.177. The molecule has 1 aromatic heterocycles. The van der Waals surface area contributed by atoms with Crippen LogP contribution in [0.1, 0.15) is 28.6 Å². The van der Waals surface area contributed by atoms with E-state index in [0.717, 1.165) is 39.7 Å². The minimum atomic E-state index is -0.177. The van der Waals surface area contributed by atoms with Crippen LogP contribution < -0.4 is 14.8 Å². The number of benzene rings is 2. The van der Waals surface area contributed by atoms with Gasteiger partial charge in [-0.3, -0.25) is 0 Å². The number of rotatable bonds is 4. The van der Waals surface area contributed by atoms with Gasteiger partial charge in [-0.25, -0.2) is 0 Å². The molecule has 0 spiro atoms. The van der Waals surface area contributed by atoms with E-state index in [0.29, 0.717) is 0 Å². The van der Waals surface area contributed by atoms with Crippen molar-refractivity contribution in [2.24, 2.45) is 0 Å². The summed E-state index contributed by atoms with van der Waals surface area (Å²) in [6, 6.07) is 11.8. The van der Waals surface area contributed by atoms with E-state index in [-0.39, 0.29) is 12.8 Å². The van der Waals surface area contributed by atoms with Gasteiger partial charge in [-0.15, -0.1) is 5.10 Å². The Morgan fingerprint density at radius 1 is 1.08 bits per heavy atom. The second kappa shape index (κ2) is 6.18. The number of nitrogens with zero attached hydrogens (tertiary/aromatic N) is 4.